The summed E-state index contributed by atoms with van der Waals surface area (Å²) in [6, 6.07) is 39.5. The third-order valence-electron chi connectivity index (χ3n) is 18.9. The van der Waals surface area contributed by atoms with Gasteiger partial charge in [0.25, 0.3) is 16.7 Å². The Morgan fingerprint density at radius 2 is 0.757 bits per heavy atom. The summed E-state index contributed by atoms with van der Waals surface area (Å²) in [6.45, 7) is 7.97. The number of piperidine rings is 3. The third kappa shape index (κ3) is 16.3. The van der Waals surface area contributed by atoms with E-state index in [0.29, 0.717) is 106 Å². The van der Waals surface area contributed by atoms with Crippen molar-refractivity contribution in [1.29, 1.82) is 0 Å². The average molecular weight is 1450 g/mol. The number of esters is 2. The predicted octanol–water partition coefficient (Wildman–Crippen LogP) is 9.87. The normalized spacial score (nSPS) is 18.2. The van der Waals surface area contributed by atoms with E-state index in [1.54, 1.807) is 57.5 Å². The molecule has 2 amide bonds. The molecular formula is C77H73Cl3N12O11. The van der Waals surface area contributed by atoms with E-state index < -0.39 is 42.3 Å². The number of nitrogens with one attached hydrogen (secondary N) is 1. The quantitative estimate of drug-likeness (QED) is 0.0452. The van der Waals surface area contributed by atoms with Gasteiger partial charge in [0.1, 0.15) is 15.5 Å². The minimum absolute atomic E-state index is 0.0794. The lowest BCUT2D eigenvalue weighted by molar-refractivity contribution is -0.156. The van der Waals surface area contributed by atoms with Crippen molar-refractivity contribution in [1.82, 2.24) is 58.7 Å². The van der Waals surface area contributed by atoms with Gasteiger partial charge >= 0.3 is 11.9 Å². The highest BCUT2D eigenvalue weighted by molar-refractivity contribution is 6.30. The van der Waals surface area contributed by atoms with E-state index in [-0.39, 0.29) is 47.6 Å². The molecule has 0 aliphatic carbocycles. The molecule has 3 aliphatic heterocycles. The third-order valence-corrected chi connectivity index (χ3v) is 19.6. The summed E-state index contributed by atoms with van der Waals surface area (Å²) in [4.78, 5) is 113. The summed E-state index contributed by atoms with van der Waals surface area (Å²) in [5.74, 6) is -1.28. The number of rotatable bonds is 9. The second-order valence-corrected chi connectivity index (χ2v) is 27.0. The van der Waals surface area contributed by atoms with E-state index in [9.17, 15) is 48.9 Å². The smallest absolute Gasteiger partial charge is 0.310 e. The number of aromatic nitrogens is 9. The van der Waals surface area contributed by atoms with Crippen LogP contribution in [0.25, 0.3) is 65.0 Å². The monoisotopic (exact) mass is 1450 g/mol. The first-order chi connectivity index (χ1) is 49.6. The van der Waals surface area contributed by atoms with Crippen molar-refractivity contribution in [3.05, 3.63) is 245 Å². The highest BCUT2D eigenvalue weighted by Crippen LogP contribution is 2.33. The Labute approximate surface area is 605 Å². The second kappa shape index (κ2) is 32.0. The minimum Gasteiger partial charge on any atom is -0.394 e. The Bertz CT molecular complexity index is 5160. The first kappa shape index (κ1) is 72.5. The van der Waals surface area contributed by atoms with Crippen molar-refractivity contribution in [3.8, 4) is 0 Å². The first-order valence-corrected chi connectivity index (χ1v) is 34.7. The van der Waals surface area contributed by atoms with E-state index in [1.165, 1.54) is 49.5 Å². The van der Waals surface area contributed by atoms with E-state index in [0.717, 1.165) is 72.2 Å². The number of hydrogen-bond donors (Lipinski definition) is 4. The molecule has 3 fully saturated rings. The summed E-state index contributed by atoms with van der Waals surface area (Å²) in [5, 5.41) is 43.7. The van der Waals surface area contributed by atoms with Crippen LogP contribution in [-0.4, -0.2) is 150 Å². The summed E-state index contributed by atoms with van der Waals surface area (Å²) in [7, 11) is 0. The molecule has 4 N–H and O–H groups in total. The van der Waals surface area contributed by atoms with E-state index in [2.05, 4.69) is 46.0 Å². The van der Waals surface area contributed by atoms with Crippen LogP contribution in [-0.2, 0) is 43.2 Å². The number of pyridine rings is 3. The fourth-order valence-electron chi connectivity index (χ4n) is 13.9. The van der Waals surface area contributed by atoms with Crippen LogP contribution >= 0.6 is 34.8 Å². The Balaban J connectivity index is 0.000000139. The van der Waals surface area contributed by atoms with E-state index >= 15 is 0 Å². The number of carbonyl (C=O) groups excluding carboxylic acids is 4. The van der Waals surface area contributed by atoms with E-state index in [4.69, 9.17) is 34.8 Å². The van der Waals surface area contributed by atoms with Gasteiger partial charge in [0.2, 0.25) is 11.8 Å². The van der Waals surface area contributed by atoms with Crippen molar-refractivity contribution < 1.29 is 39.2 Å². The lowest BCUT2D eigenvalue weighted by Crippen LogP contribution is -2.48. The van der Waals surface area contributed by atoms with Crippen LogP contribution in [0, 0.1) is 0 Å². The number of aliphatic hydroxyl groups excluding tert-OH is 3. The summed E-state index contributed by atoms with van der Waals surface area (Å²) < 4.78 is 8.61. The van der Waals surface area contributed by atoms with Gasteiger partial charge in [-0.1, -0.05) is 126 Å². The molecule has 6 aromatic heterocycles. The van der Waals surface area contributed by atoms with Gasteiger partial charge in [-0.2, -0.15) is 0 Å². The number of ether oxygens (including phenoxy) is 1. The van der Waals surface area contributed by atoms with Crippen molar-refractivity contribution in [2.45, 2.75) is 103 Å². The maximum atomic E-state index is 13.6. The van der Waals surface area contributed by atoms with Gasteiger partial charge in [0.15, 0.2) is 0 Å². The highest BCUT2D eigenvalue weighted by atomic mass is 35.5. The van der Waals surface area contributed by atoms with E-state index in [1.807, 2.05) is 103 Å². The molecule has 3 saturated heterocycles. The molecule has 26 heteroatoms. The van der Waals surface area contributed by atoms with Gasteiger partial charge in [-0.05, 0) is 131 Å². The molecule has 0 saturated carbocycles. The Morgan fingerprint density at radius 3 is 1.03 bits per heavy atom. The molecule has 0 spiro atoms. The van der Waals surface area contributed by atoms with Crippen LogP contribution in [0.5, 0.6) is 0 Å². The molecule has 528 valence electrons. The molecule has 0 bridgehead atoms. The summed E-state index contributed by atoms with van der Waals surface area (Å²) >= 11 is 17.8. The zero-order valence-electron chi connectivity index (χ0n) is 56.7. The molecule has 12 aromatic rings. The maximum Gasteiger partial charge on any atom is 0.310 e. The average Bonchev–Trinajstić information content (AvgIpc) is 0.763. The Hall–Kier alpha value is -10.2. The van der Waals surface area contributed by atoms with Gasteiger partial charge in [0, 0.05) is 95.2 Å². The van der Waals surface area contributed by atoms with Crippen molar-refractivity contribution in [3.63, 3.8) is 0 Å². The van der Waals surface area contributed by atoms with Gasteiger partial charge < -0.3 is 35.2 Å². The van der Waals surface area contributed by atoms with Crippen molar-refractivity contribution >= 4 is 124 Å². The molecule has 9 heterocycles. The van der Waals surface area contributed by atoms with Crippen LogP contribution < -0.4 is 22.0 Å². The minimum atomic E-state index is -0.834. The lowest BCUT2D eigenvalue weighted by atomic mass is 9.96. The molecular weight excluding hydrogens is 1380 g/mol. The van der Waals surface area contributed by atoms with Crippen LogP contribution in [0.1, 0.15) is 98.5 Å². The fraction of sp³-hybridized carbons (Fsp3) is 0.286. The number of nitrogens with zero attached hydrogens (tertiary/aromatic N) is 11. The maximum absolute atomic E-state index is 13.6. The largest absolute Gasteiger partial charge is 0.394 e. The van der Waals surface area contributed by atoms with Crippen molar-refractivity contribution in [2.75, 3.05) is 39.3 Å². The lowest BCUT2D eigenvalue weighted by Gasteiger charge is -2.36. The molecule has 23 nitrogen and oxygen atoms in total. The predicted molar refractivity (Wildman–Crippen MR) is 395 cm³/mol. The standard InChI is InChI=1S/2C25H23ClN4O3.C23H21ClN4O2.C4H6O3/c2*1-15(31)29-9-8-21(22(32)13-29)30-14-28-24-19-5-3-2-4-18(19)17(11-20(24)25(30)33)10-16-6-7-23(26)27-12-16;24-21-6-5-14(11-26-21)9-15-10-18-22(17-4-2-1-3-16(15)17)27-13-28(23(18)30)19-7-8-25-12-20(19)29;1-3(5)7-4(2)6/h2*2-7,11-12,14,21-22,32H,8-10,13H2,1H3;1-6,10-11,13,19-20,25,29H,7-9,12H2;1-2H3/t2*21-,22-;19-,20-;/m000./s1. The van der Waals surface area contributed by atoms with Crippen molar-refractivity contribution in [2.24, 2.45) is 0 Å². The van der Waals surface area contributed by atoms with Crippen LogP contribution in [0.2, 0.25) is 15.5 Å². The number of benzene rings is 6. The molecule has 0 radical (unpaired) electrons. The molecule has 0 unspecified atom stereocenters. The summed E-state index contributed by atoms with van der Waals surface area (Å²) in [5.41, 5.74) is 7.47. The first-order valence-electron chi connectivity index (χ1n) is 33.6. The van der Waals surface area contributed by atoms with Crippen LogP contribution in [0.4, 0.5) is 0 Å². The number of fused-ring (bicyclic) bond motifs is 9. The second-order valence-electron chi connectivity index (χ2n) is 25.8. The fourth-order valence-corrected chi connectivity index (χ4v) is 14.2. The van der Waals surface area contributed by atoms with Gasteiger partial charge in [0.05, 0.1) is 88.1 Å². The van der Waals surface area contributed by atoms with Gasteiger partial charge in [-0.15, -0.1) is 0 Å². The van der Waals surface area contributed by atoms with Gasteiger partial charge in [-0.3, -0.25) is 47.3 Å². The van der Waals surface area contributed by atoms with Gasteiger partial charge in [-0.25, -0.2) is 29.9 Å². The zero-order valence-corrected chi connectivity index (χ0v) is 59.0. The molecule has 103 heavy (non-hydrogen) atoms. The molecule has 15 rings (SSSR count). The number of halogens is 3. The van der Waals surface area contributed by atoms with Crippen LogP contribution in [0.3, 0.4) is 0 Å². The topological polar surface area (TPSA) is 300 Å². The molecule has 6 atom stereocenters. The Kier molecular flexibility index (Phi) is 22.5. The Morgan fingerprint density at radius 1 is 0.437 bits per heavy atom. The number of likely N-dealkylation sites (tertiary alicyclic amines) is 2. The number of β-amino-alcohol motifs (C(OH)–C–C–N with tert-alkyl or cyclic N) is 3. The summed E-state index contributed by atoms with van der Waals surface area (Å²) in [6.07, 6.45) is 11.1. The highest BCUT2D eigenvalue weighted by Gasteiger charge is 2.34. The molecule has 6 aromatic carbocycles. The molecule has 3 aliphatic rings. The SMILES string of the molecule is CC(=O)N1CC[C@H](n2cnc3c(cc(Cc4ccc(Cl)nc4)c4ccccc43)c2=O)[C@@H](O)C1.CC(=O)N1CC[C@H](n2cnc3c(cc(Cc4ccc(Cl)nc4)c4ccccc43)c2=O)[C@@H](O)C1.CC(=O)OC(C)=O.O=c1c2cc(Cc3ccc(Cl)nc3)c3ccccc3c2ncn1[C@H]1CCNC[C@@H]1O. The number of hydrogen-bond acceptors (Lipinski definition) is 18. The zero-order chi connectivity index (χ0) is 72.8. The number of aliphatic hydroxyl groups is 3. The number of carbonyl (C=O) groups is 4. The van der Waals surface area contributed by atoms with Crippen LogP contribution in [0.15, 0.2) is 179 Å². The number of amides is 2.